The molecule has 1 heterocycles. The molecule has 0 unspecified atom stereocenters. The van der Waals surface area contributed by atoms with E-state index >= 15 is 0 Å². The van der Waals surface area contributed by atoms with Crippen LogP contribution in [0.2, 0.25) is 5.02 Å². The minimum atomic E-state index is 0.603. The fourth-order valence-electron chi connectivity index (χ4n) is 1.43. The van der Waals surface area contributed by atoms with E-state index in [0.717, 1.165) is 10.9 Å². The van der Waals surface area contributed by atoms with Crippen LogP contribution in [0, 0.1) is 11.3 Å². The summed E-state index contributed by atoms with van der Waals surface area (Å²) >= 11 is 5.87. The Morgan fingerprint density at radius 2 is 2.23 bits per heavy atom. The van der Waals surface area contributed by atoms with E-state index in [2.05, 4.69) is 6.07 Å². The first-order valence-corrected chi connectivity index (χ1v) is 4.25. The smallest absolute Gasteiger partial charge is 0.0999 e. The Morgan fingerprint density at radius 3 is 2.92 bits per heavy atom. The zero-order valence-electron chi connectivity index (χ0n) is 7.08. The van der Waals surface area contributed by atoms with Crippen molar-refractivity contribution in [1.29, 1.82) is 5.26 Å². The van der Waals surface area contributed by atoms with Crippen LogP contribution in [0.15, 0.2) is 24.4 Å². The highest BCUT2D eigenvalue weighted by Gasteiger charge is 2.04. The third-order valence-electron chi connectivity index (χ3n) is 2.09. The number of hydrogen-bond donors (Lipinski definition) is 0. The predicted octanol–water partition coefficient (Wildman–Crippen LogP) is 2.70. The second-order valence-electron chi connectivity index (χ2n) is 2.92. The van der Waals surface area contributed by atoms with Gasteiger partial charge < -0.3 is 4.57 Å². The zero-order valence-corrected chi connectivity index (χ0v) is 7.84. The van der Waals surface area contributed by atoms with Gasteiger partial charge in [0.1, 0.15) is 0 Å². The first-order valence-electron chi connectivity index (χ1n) is 3.87. The van der Waals surface area contributed by atoms with Crippen LogP contribution in [0.5, 0.6) is 0 Å². The lowest BCUT2D eigenvalue weighted by molar-refractivity contribution is 0.969. The van der Waals surface area contributed by atoms with Crippen LogP contribution in [0.25, 0.3) is 10.9 Å². The number of aromatic nitrogens is 1. The molecule has 0 N–H and O–H groups in total. The largest absolute Gasteiger partial charge is 0.350 e. The van der Waals surface area contributed by atoms with Gasteiger partial charge in [-0.2, -0.15) is 5.26 Å². The molecule has 2 nitrogen and oxygen atoms in total. The van der Waals surface area contributed by atoms with Gasteiger partial charge >= 0.3 is 0 Å². The molecular formula is C10H7ClN2. The Bertz CT molecular complexity index is 505. The van der Waals surface area contributed by atoms with Crippen molar-refractivity contribution in [2.45, 2.75) is 0 Å². The van der Waals surface area contributed by atoms with Crippen molar-refractivity contribution in [3.05, 3.63) is 35.0 Å². The monoisotopic (exact) mass is 190 g/mol. The van der Waals surface area contributed by atoms with E-state index in [4.69, 9.17) is 16.9 Å². The molecule has 0 spiro atoms. The lowest BCUT2D eigenvalue weighted by Crippen LogP contribution is -1.84. The number of benzene rings is 1. The number of aryl methyl sites for hydroxylation is 1. The van der Waals surface area contributed by atoms with Crippen molar-refractivity contribution in [2.24, 2.45) is 7.05 Å². The minimum Gasteiger partial charge on any atom is -0.350 e. The van der Waals surface area contributed by atoms with Crippen molar-refractivity contribution in [3.8, 4) is 6.07 Å². The molecule has 0 atom stereocenters. The average molecular weight is 191 g/mol. The van der Waals surface area contributed by atoms with Gasteiger partial charge in [-0.1, -0.05) is 11.6 Å². The van der Waals surface area contributed by atoms with E-state index in [1.54, 1.807) is 6.07 Å². The van der Waals surface area contributed by atoms with E-state index in [1.807, 2.05) is 29.9 Å². The molecule has 0 bridgehead atoms. The van der Waals surface area contributed by atoms with Crippen LogP contribution in [0.1, 0.15) is 5.56 Å². The summed E-state index contributed by atoms with van der Waals surface area (Å²) in [6.45, 7) is 0. The summed E-state index contributed by atoms with van der Waals surface area (Å²) in [6, 6.07) is 7.59. The summed E-state index contributed by atoms with van der Waals surface area (Å²) in [7, 11) is 1.93. The summed E-state index contributed by atoms with van der Waals surface area (Å²) in [6.07, 6.45) is 1.92. The van der Waals surface area contributed by atoms with Crippen molar-refractivity contribution < 1.29 is 0 Å². The van der Waals surface area contributed by atoms with Gasteiger partial charge in [-0.25, -0.2) is 0 Å². The maximum Gasteiger partial charge on any atom is 0.0999 e. The van der Waals surface area contributed by atoms with Crippen molar-refractivity contribution in [1.82, 2.24) is 4.57 Å². The van der Waals surface area contributed by atoms with Crippen LogP contribution >= 0.6 is 11.6 Å². The number of fused-ring (bicyclic) bond motifs is 1. The average Bonchev–Trinajstić information content (AvgIpc) is 2.47. The fourth-order valence-corrected chi connectivity index (χ4v) is 1.64. The lowest BCUT2D eigenvalue weighted by atomic mass is 10.1. The Labute approximate surface area is 81.0 Å². The SMILES string of the molecule is Cn1ccc2c(C#N)cc(Cl)cc21. The number of nitrogens with zero attached hydrogens (tertiary/aromatic N) is 2. The molecule has 13 heavy (non-hydrogen) atoms. The van der Waals surface area contributed by atoms with E-state index in [1.165, 1.54) is 0 Å². The third kappa shape index (κ3) is 1.18. The molecular weight excluding hydrogens is 184 g/mol. The van der Waals surface area contributed by atoms with E-state index in [9.17, 15) is 0 Å². The molecule has 0 saturated heterocycles. The van der Waals surface area contributed by atoms with Gasteiger partial charge in [0.2, 0.25) is 0 Å². The van der Waals surface area contributed by atoms with Crippen molar-refractivity contribution in [3.63, 3.8) is 0 Å². The van der Waals surface area contributed by atoms with Crippen molar-refractivity contribution in [2.75, 3.05) is 0 Å². The highest BCUT2D eigenvalue weighted by atomic mass is 35.5. The number of rotatable bonds is 0. The normalized spacial score (nSPS) is 10.2. The van der Waals surface area contributed by atoms with Crippen LogP contribution in [-0.4, -0.2) is 4.57 Å². The summed E-state index contributed by atoms with van der Waals surface area (Å²) in [5.74, 6) is 0. The van der Waals surface area contributed by atoms with Crippen LogP contribution < -0.4 is 0 Å². The molecule has 0 saturated carbocycles. The molecule has 0 aliphatic rings. The van der Waals surface area contributed by atoms with Gasteiger partial charge in [0, 0.05) is 23.7 Å². The molecule has 2 aromatic rings. The van der Waals surface area contributed by atoms with Gasteiger partial charge in [0.25, 0.3) is 0 Å². The first kappa shape index (κ1) is 8.15. The molecule has 64 valence electrons. The maximum absolute atomic E-state index is 8.85. The van der Waals surface area contributed by atoms with Crippen molar-refractivity contribution >= 4 is 22.5 Å². The Hall–Kier alpha value is -1.46. The Balaban J connectivity index is 2.94. The number of nitriles is 1. The molecule has 0 amide bonds. The molecule has 0 radical (unpaired) electrons. The molecule has 1 aromatic carbocycles. The predicted molar refractivity (Wildman–Crippen MR) is 52.6 cm³/mol. The third-order valence-corrected chi connectivity index (χ3v) is 2.31. The van der Waals surface area contributed by atoms with Crippen LogP contribution in [-0.2, 0) is 7.05 Å². The van der Waals surface area contributed by atoms with Gasteiger partial charge in [0.05, 0.1) is 17.1 Å². The van der Waals surface area contributed by atoms with Gasteiger partial charge in [-0.3, -0.25) is 0 Å². The van der Waals surface area contributed by atoms with Gasteiger partial charge in [-0.05, 0) is 18.2 Å². The number of halogens is 1. The molecule has 0 fully saturated rings. The molecule has 1 aromatic heterocycles. The Kier molecular flexibility index (Phi) is 1.75. The summed E-state index contributed by atoms with van der Waals surface area (Å²) in [5, 5.41) is 10.4. The molecule has 3 heteroatoms. The second-order valence-corrected chi connectivity index (χ2v) is 3.36. The fraction of sp³-hybridized carbons (Fsp3) is 0.100. The highest BCUT2D eigenvalue weighted by molar-refractivity contribution is 6.31. The molecule has 2 rings (SSSR count). The summed E-state index contributed by atoms with van der Waals surface area (Å²) < 4.78 is 1.95. The quantitative estimate of drug-likeness (QED) is 0.628. The van der Waals surface area contributed by atoms with E-state index in [-0.39, 0.29) is 0 Å². The standard InChI is InChI=1S/C10H7ClN2/c1-13-3-2-9-7(6-12)4-8(11)5-10(9)13/h2-5H,1H3. The molecule has 0 aliphatic carbocycles. The maximum atomic E-state index is 8.85. The summed E-state index contributed by atoms with van der Waals surface area (Å²) in [4.78, 5) is 0. The highest BCUT2D eigenvalue weighted by Crippen LogP contribution is 2.23. The van der Waals surface area contributed by atoms with Crippen LogP contribution in [0.3, 0.4) is 0 Å². The Morgan fingerprint density at radius 1 is 1.46 bits per heavy atom. The van der Waals surface area contributed by atoms with Gasteiger partial charge in [0.15, 0.2) is 0 Å². The van der Waals surface area contributed by atoms with Crippen LogP contribution in [0.4, 0.5) is 0 Å². The number of hydrogen-bond acceptors (Lipinski definition) is 1. The molecule has 0 aliphatic heterocycles. The van der Waals surface area contributed by atoms with Gasteiger partial charge in [-0.15, -0.1) is 0 Å². The lowest BCUT2D eigenvalue weighted by Gasteiger charge is -1.98. The topological polar surface area (TPSA) is 28.7 Å². The minimum absolute atomic E-state index is 0.603. The first-order chi connectivity index (χ1) is 6.22. The van der Waals surface area contributed by atoms with E-state index < -0.39 is 0 Å². The van der Waals surface area contributed by atoms with E-state index in [0.29, 0.717) is 10.6 Å². The summed E-state index contributed by atoms with van der Waals surface area (Å²) in [5.41, 5.74) is 1.62. The second kappa shape index (κ2) is 2.79. The zero-order chi connectivity index (χ0) is 9.42.